The monoisotopic (exact) mass is 367 g/mol. The fourth-order valence-electron chi connectivity index (χ4n) is 3.10. The normalized spacial score (nSPS) is 22.7. The highest BCUT2D eigenvalue weighted by atomic mass is 16.6. The smallest absolute Gasteiger partial charge is 0.410 e. The van der Waals surface area contributed by atoms with Gasteiger partial charge in [0.15, 0.2) is 0 Å². The van der Waals surface area contributed by atoms with E-state index in [1.165, 1.54) is 4.90 Å². The standard InChI is InChI=1S/C16H25N5O5/c1-16(2,3)26-15(23)19(4)8-7-12-17-18-13(25-12)11-6-5-10-9-20(11)14(22)21(10)24/h10-11,24H,5-9H2,1-4H3/t10?,11-/m0/s1. The predicted octanol–water partition coefficient (Wildman–Crippen LogP) is 1.81. The van der Waals surface area contributed by atoms with Gasteiger partial charge >= 0.3 is 12.1 Å². The Morgan fingerprint density at radius 1 is 1.38 bits per heavy atom. The number of carbonyl (C=O) groups excluding carboxylic acids is 2. The zero-order chi connectivity index (χ0) is 19.1. The number of likely N-dealkylation sites (N-methyl/N-ethyl adjacent to an activating group) is 1. The highest BCUT2D eigenvalue weighted by Gasteiger charge is 2.46. The molecule has 2 aliphatic rings. The second-order valence-electron chi connectivity index (χ2n) is 7.71. The van der Waals surface area contributed by atoms with Crippen LogP contribution in [0.2, 0.25) is 0 Å². The minimum absolute atomic E-state index is 0.163. The summed E-state index contributed by atoms with van der Waals surface area (Å²) in [4.78, 5) is 27.0. The van der Waals surface area contributed by atoms with Crippen LogP contribution in [0.5, 0.6) is 0 Å². The summed E-state index contributed by atoms with van der Waals surface area (Å²) in [5.74, 6) is 0.757. The van der Waals surface area contributed by atoms with Gasteiger partial charge in [0, 0.05) is 26.6 Å². The highest BCUT2D eigenvalue weighted by Crippen LogP contribution is 2.36. The van der Waals surface area contributed by atoms with E-state index in [0.717, 1.165) is 5.06 Å². The molecular formula is C16H25N5O5. The first-order valence-electron chi connectivity index (χ1n) is 8.71. The number of fused-ring (bicyclic) bond motifs is 2. The molecule has 1 N–H and O–H groups in total. The number of hydrogen-bond acceptors (Lipinski definition) is 7. The van der Waals surface area contributed by atoms with Crippen molar-refractivity contribution < 1.29 is 24.0 Å². The van der Waals surface area contributed by atoms with Gasteiger partial charge in [-0.1, -0.05) is 0 Å². The molecule has 144 valence electrons. The van der Waals surface area contributed by atoms with Crippen molar-refractivity contribution >= 4 is 12.1 Å². The van der Waals surface area contributed by atoms with Crippen molar-refractivity contribution in [1.29, 1.82) is 0 Å². The van der Waals surface area contributed by atoms with E-state index in [2.05, 4.69) is 10.2 Å². The molecule has 2 fully saturated rings. The van der Waals surface area contributed by atoms with E-state index >= 15 is 0 Å². The van der Waals surface area contributed by atoms with E-state index in [1.54, 1.807) is 11.9 Å². The molecule has 10 nitrogen and oxygen atoms in total. The lowest BCUT2D eigenvalue weighted by molar-refractivity contribution is -0.0584. The number of nitrogens with zero attached hydrogens (tertiary/aromatic N) is 5. The number of urea groups is 1. The van der Waals surface area contributed by atoms with E-state index < -0.39 is 17.7 Å². The topological polar surface area (TPSA) is 112 Å². The summed E-state index contributed by atoms with van der Waals surface area (Å²) in [6.07, 6.45) is 1.31. The molecule has 0 saturated carbocycles. The fraction of sp³-hybridized carbons (Fsp3) is 0.750. The Kier molecular flexibility index (Phi) is 4.78. The first-order chi connectivity index (χ1) is 12.2. The quantitative estimate of drug-likeness (QED) is 0.808. The van der Waals surface area contributed by atoms with Crippen molar-refractivity contribution in [2.45, 2.75) is 57.7 Å². The SMILES string of the molecule is CN(CCc1nnc([C@@H]2CCC3CN2C(=O)N3O)o1)C(=O)OC(C)(C)C. The molecule has 0 aromatic carbocycles. The van der Waals surface area contributed by atoms with Crippen LogP contribution >= 0.6 is 0 Å². The van der Waals surface area contributed by atoms with Crippen molar-refractivity contribution in [1.82, 2.24) is 25.1 Å². The highest BCUT2D eigenvalue weighted by molar-refractivity contribution is 5.76. The van der Waals surface area contributed by atoms with Crippen molar-refractivity contribution in [3.8, 4) is 0 Å². The van der Waals surface area contributed by atoms with Crippen LogP contribution in [0.4, 0.5) is 9.59 Å². The Hall–Kier alpha value is -2.36. The molecular weight excluding hydrogens is 342 g/mol. The van der Waals surface area contributed by atoms with Gasteiger partial charge < -0.3 is 19.0 Å². The van der Waals surface area contributed by atoms with Crippen LogP contribution in [0.15, 0.2) is 4.42 Å². The average Bonchev–Trinajstić information content (AvgIpc) is 3.12. The van der Waals surface area contributed by atoms with Gasteiger partial charge in [-0.25, -0.2) is 14.7 Å². The van der Waals surface area contributed by atoms with Gasteiger partial charge in [0.1, 0.15) is 11.6 Å². The molecule has 2 aliphatic heterocycles. The maximum Gasteiger partial charge on any atom is 0.410 e. The molecule has 10 heteroatoms. The second-order valence-corrected chi connectivity index (χ2v) is 7.71. The van der Waals surface area contributed by atoms with Crippen LogP contribution in [-0.4, -0.2) is 74.2 Å². The summed E-state index contributed by atoms with van der Waals surface area (Å²) >= 11 is 0. The number of piperidine rings is 1. The number of hydrogen-bond donors (Lipinski definition) is 1. The lowest BCUT2D eigenvalue weighted by Gasteiger charge is -2.27. The number of ether oxygens (including phenoxy) is 1. The average molecular weight is 367 g/mol. The Morgan fingerprint density at radius 2 is 2.12 bits per heavy atom. The molecule has 26 heavy (non-hydrogen) atoms. The number of aromatic nitrogens is 2. The Morgan fingerprint density at radius 3 is 2.81 bits per heavy atom. The molecule has 3 amide bonds. The Bertz CT molecular complexity index is 685. The van der Waals surface area contributed by atoms with Gasteiger partial charge in [0.25, 0.3) is 0 Å². The van der Waals surface area contributed by atoms with Gasteiger partial charge in [0.2, 0.25) is 11.8 Å². The van der Waals surface area contributed by atoms with Crippen LogP contribution in [0.25, 0.3) is 0 Å². The third kappa shape index (κ3) is 3.74. The number of hydroxylamine groups is 2. The van der Waals surface area contributed by atoms with Gasteiger partial charge in [-0.3, -0.25) is 5.21 Å². The van der Waals surface area contributed by atoms with Crippen LogP contribution in [-0.2, 0) is 11.2 Å². The van der Waals surface area contributed by atoms with Crippen molar-refractivity contribution in [2.24, 2.45) is 0 Å². The summed E-state index contributed by atoms with van der Waals surface area (Å²) in [6, 6.07) is -0.911. The lowest BCUT2D eigenvalue weighted by Crippen LogP contribution is -2.35. The number of carbonyl (C=O) groups is 2. The zero-order valence-electron chi connectivity index (χ0n) is 15.5. The molecule has 1 unspecified atom stereocenters. The third-order valence-electron chi connectivity index (χ3n) is 4.48. The molecule has 0 aliphatic carbocycles. The predicted molar refractivity (Wildman–Crippen MR) is 88.4 cm³/mol. The van der Waals surface area contributed by atoms with Crippen LogP contribution in [0.3, 0.4) is 0 Å². The van der Waals surface area contributed by atoms with Crippen molar-refractivity contribution in [3.05, 3.63) is 11.8 Å². The van der Waals surface area contributed by atoms with E-state index in [4.69, 9.17) is 9.15 Å². The van der Waals surface area contributed by atoms with Crippen molar-refractivity contribution in [3.63, 3.8) is 0 Å². The summed E-state index contributed by atoms with van der Waals surface area (Å²) in [6.45, 7) is 6.26. The number of amides is 3. The van der Waals surface area contributed by atoms with Crippen LogP contribution < -0.4 is 0 Å². The van der Waals surface area contributed by atoms with Gasteiger partial charge in [-0.2, -0.15) is 0 Å². The maximum absolute atomic E-state index is 12.0. The third-order valence-corrected chi connectivity index (χ3v) is 4.48. The minimum atomic E-state index is -0.551. The number of rotatable bonds is 4. The van der Waals surface area contributed by atoms with Crippen LogP contribution in [0, 0.1) is 0 Å². The summed E-state index contributed by atoms with van der Waals surface area (Å²) < 4.78 is 11.0. The maximum atomic E-state index is 12.0. The lowest BCUT2D eigenvalue weighted by atomic mass is 10.0. The molecule has 2 atom stereocenters. The summed E-state index contributed by atoms with van der Waals surface area (Å²) in [5.41, 5.74) is -0.551. The first-order valence-corrected chi connectivity index (χ1v) is 8.71. The Labute approximate surface area is 151 Å². The van der Waals surface area contributed by atoms with E-state index in [0.29, 0.717) is 44.1 Å². The van der Waals surface area contributed by atoms with E-state index in [1.807, 2.05) is 20.8 Å². The summed E-state index contributed by atoms with van der Waals surface area (Å²) in [7, 11) is 1.64. The van der Waals surface area contributed by atoms with E-state index in [9.17, 15) is 14.8 Å². The molecule has 1 aromatic rings. The van der Waals surface area contributed by atoms with E-state index in [-0.39, 0.29) is 12.1 Å². The molecule has 2 saturated heterocycles. The zero-order valence-corrected chi connectivity index (χ0v) is 15.5. The van der Waals surface area contributed by atoms with Gasteiger partial charge in [-0.15, -0.1) is 10.2 Å². The molecule has 1 aromatic heterocycles. The largest absolute Gasteiger partial charge is 0.444 e. The minimum Gasteiger partial charge on any atom is -0.444 e. The molecule has 2 bridgehead atoms. The van der Waals surface area contributed by atoms with Crippen molar-refractivity contribution in [2.75, 3.05) is 20.1 Å². The molecule has 3 heterocycles. The molecule has 0 spiro atoms. The molecule has 3 rings (SSSR count). The Balaban J connectivity index is 1.57. The first kappa shape index (κ1) is 18.4. The van der Waals surface area contributed by atoms with Gasteiger partial charge in [-0.05, 0) is 33.6 Å². The molecule has 0 radical (unpaired) electrons. The fourth-order valence-corrected chi connectivity index (χ4v) is 3.10. The second kappa shape index (κ2) is 6.75. The van der Waals surface area contributed by atoms with Gasteiger partial charge in [0.05, 0.1) is 6.04 Å². The van der Waals surface area contributed by atoms with Crippen LogP contribution in [0.1, 0.15) is 51.4 Å². The summed E-state index contributed by atoms with van der Waals surface area (Å²) in [5, 5.41) is 18.6.